The summed E-state index contributed by atoms with van der Waals surface area (Å²) in [6, 6.07) is 23.0. The molecule has 4 rings (SSSR count). The molecule has 0 atom stereocenters. The standard InChI is InChI=1S/C27H23ClN2O4/c1-17(2)21-10-6-7-11-22(21)34-27(33)19-12-14-20(15-13-19)29-24-23(28)25(31)30(26(24)32)16-18-8-4-3-5-9-18/h3-15,17,29H,16H2,1-2H3. The summed E-state index contributed by atoms with van der Waals surface area (Å²) in [6.45, 7) is 4.19. The normalized spacial score (nSPS) is 13.6. The second-order valence-electron chi connectivity index (χ2n) is 8.16. The maximum atomic E-state index is 12.8. The van der Waals surface area contributed by atoms with Gasteiger partial charge in [0.15, 0.2) is 0 Å². The van der Waals surface area contributed by atoms with Crippen LogP contribution in [0.1, 0.15) is 41.3 Å². The Balaban J connectivity index is 1.45. The summed E-state index contributed by atoms with van der Waals surface area (Å²) in [5, 5.41) is 2.74. The van der Waals surface area contributed by atoms with Gasteiger partial charge in [-0.05, 0) is 47.4 Å². The lowest BCUT2D eigenvalue weighted by Crippen LogP contribution is -2.31. The summed E-state index contributed by atoms with van der Waals surface area (Å²) in [5.41, 5.74) is 2.62. The van der Waals surface area contributed by atoms with E-state index >= 15 is 0 Å². The van der Waals surface area contributed by atoms with Crippen molar-refractivity contribution in [3.05, 3.63) is 106 Å². The van der Waals surface area contributed by atoms with Gasteiger partial charge in [-0.2, -0.15) is 0 Å². The second kappa shape index (κ2) is 9.93. The van der Waals surface area contributed by atoms with Gasteiger partial charge in [0, 0.05) is 5.69 Å². The lowest BCUT2D eigenvalue weighted by atomic mass is 10.0. The number of para-hydroxylation sites is 1. The van der Waals surface area contributed by atoms with Gasteiger partial charge in [-0.25, -0.2) is 4.79 Å². The SMILES string of the molecule is CC(C)c1ccccc1OC(=O)c1ccc(NC2=C(Cl)C(=O)N(Cc3ccccc3)C2=O)cc1. The Bertz CT molecular complexity index is 1270. The number of nitrogens with one attached hydrogen (secondary N) is 1. The Morgan fingerprint density at radius 2 is 1.56 bits per heavy atom. The molecule has 7 heteroatoms. The summed E-state index contributed by atoms with van der Waals surface area (Å²) >= 11 is 6.18. The molecule has 0 saturated heterocycles. The zero-order chi connectivity index (χ0) is 24.2. The molecule has 0 aromatic heterocycles. The van der Waals surface area contributed by atoms with Crippen molar-refractivity contribution in [3.8, 4) is 5.75 Å². The van der Waals surface area contributed by atoms with Gasteiger partial charge >= 0.3 is 5.97 Å². The third-order valence-electron chi connectivity index (χ3n) is 5.43. The minimum absolute atomic E-state index is 0.00350. The van der Waals surface area contributed by atoms with E-state index in [0.717, 1.165) is 16.0 Å². The predicted octanol–water partition coefficient (Wildman–Crippen LogP) is 5.46. The zero-order valence-electron chi connectivity index (χ0n) is 18.7. The molecule has 6 nitrogen and oxygen atoms in total. The number of anilines is 1. The molecule has 1 heterocycles. The Hall–Kier alpha value is -3.90. The van der Waals surface area contributed by atoms with Crippen LogP contribution < -0.4 is 10.1 Å². The van der Waals surface area contributed by atoms with Crippen LogP contribution in [0.3, 0.4) is 0 Å². The van der Waals surface area contributed by atoms with Crippen LogP contribution in [0.4, 0.5) is 5.69 Å². The molecule has 0 unspecified atom stereocenters. The summed E-state index contributed by atoms with van der Waals surface area (Å²) in [5.74, 6) is -0.815. The molecular weight excluding hydrogens is 452 g/mol. The van der Waals surface area contributed by atoms with Gasteiger partial charge in [0.05, 0.1) is 12.1 Å². The van der Waals surface area contributed by atoms with E-state index in [1.807, 2.05) is 62.4 Å². The van der Waals surface area contributed by atoms with Crippen LogP contribution in [0.5, 0.6) is 5.75 Å². The monoisotopic (exact) mass is 474 g/mol. The van der Waals surface area contributed by atoms with E-state index in [1.54, 1.807) is 30.3 Å². The number of rotatable bonds is 7. The van der Waals surface area contributed by atoms with Crippen LogP contribution in [0.2, 0.25) is 0 Å². The van der Waals surface area contributed by atoms with Crippen molar-refractivity contribution in [2.45, 2.75) is 26.3 Å². The first kappa shape index (κ1) is 23.3. The first-order valence-corrected chi connectivity index (χ1v) is 11.2. The van der Waals surface area contributed by atoms with Crippen molar-refractivity contribution in [2.24, 2.45) is 0 Å². The number of imide groups is 1. The van der Waals surface area contributed by atoms with Crippen LogP contribution in [0.15, 0.2) is 89.6 Å². The molecule has 1 aliphatic rings. The van der Waals surface area contributed by atoms with Gasteiger partial charge in [0.1, 0.15) is 16.5 Å². The van der Waals surface area contributed by atoms with Crippen LogP contribution in [0, 0.1) is 0 Å². The highest BCUT2D eigenvalue weighted by molar-refractivity contribution is 6.48. The van der Waals surface area contributed by atoms with Crippen molar-refractivity contribution in [2.75, 3.05) is 5.32 Å². The Morgan fingerprint density at radius 1 is 0.912 bits per heavy atom. The lowest BCUT2D eigenvalue weighted by molar-refractivity contribution is -0.138. The number of nitrogens with zero attached hydrogens (tertiary/aromatic N) is 1. The van der Waals surface area contributed by atoms with E-state index in [-0.39, 0.29) is 23.2 Å². The fraction of sp³-hybridized carbons (Fsp3) is 0.148. The fourth-order valence-corrected chi connectivity index (χ4v) is 3.84. The number of amides is 2. The first-order chi connectivity index (χ1) is 16.3. The van der Waals surface area contributed by atoms with Gasteiger partial charge in [-0.3, -0.25) is 14.5 Å². The summed E-state index contributed by atoms with van der Waals surface area (Å²) < 4.78 is 5.59. The van der Waals surface area contributed by atoms with E-state index in [0.29, 0.717) is 17.0 Å². The van der Waals surface area contributed by atoms with Crippen molar-refractivity contribution in [1.29, 1.82) is 0 Å². The van der Waals surface area contributed by atoms with Crippen molar-refractivity contribution >= 4 is 35.1 Å². The fourth-order valence-electron chi connectivity index (χ4n) is 3.61. The number of carbonyl (C=O) groups is 3. The maximum absolute atomic E-state index is 12.8. The highest BCUT2D eigenvalue weighted by Gasteiger charge is 2.37. The number of hydrogen-bond donors (Lipinski definition) is 1. The van der Waals surface area contributed by atoms with E-state index < -0.39 is 17.8 Å². The molecule has 0 saturated carbocycles. The Morgan fingerprint density at radius 3 is 2.24 bits per heavy atom. The minimum atomic E-state index is -0.554. The van der Waals surface area contributed by atoms with Gasteiger partial charge < -0.3 is 10.1 Å². The molecule has 1 aliphatic heterocycles. The largest absolute Gasteiger partial charge is 0.423 e. The molecule has 2 amide bonds. The molecule has 0 radical (unpaired) electrons. The molecule has 0 bridgehead atoms. The van der Waals surface area contributed by atoms with Crippen molar-refractivity contribution in [1.82, 2.24) is 4.90 Å². The van der Waals surface area contributed by atoms with Crippen LogP contribution >= 0.6 is 11.6 Å². The molecule has 0 spiro atoms. The van der Waals surface area contributed by atoms with Gasteiger partial charge in [0.25, 0.3) is 11.8 Å². The maximum Gasteiger partial charge on any atom is 0.343 e. The quantitative estimate of drug-likeness (QED) is 0.279. The first-order valence-electron chi connectivity index (χ1n) is 10.8. The highest BCUT2D eigenvalue weighted by atomic mass is 35.5. The molecule has 3 aromatic rings. The third kappa shape index (κ3) is 4.87. The van der Waals surface area contributed by atoms with Crippen molar-refractivity contribution < 1.29 is 19.1 Å². The average Bonchev–Trinajstić information content (AvgIpc) is 3.04. The van der Waals surface area contributed by atoms with Crippen molar-refractivity contribution in [3.63, 3.8) is 0 Å². The van der Waals surface area contributed by atoms with E-state index in [4.69, 9.17) is 16.3 Å². The van der Waals surface area contributed by atoms with E-state index in [1.165, 1.54) is 0 Å². The number of halogens is 1. The van der Waals surface area contributed by atoms with Gasteiger partial charge in [0.2, 0.25) is 0 Å². The third-order valence-corrected chi connectivity index (χ3v) is 5.78. The summed E-state index contributed by atoms with van der Waals surface area (Å²) in [4.78, 5) is 39.1. The van der Waals surface area contributed by atoms with Crippen LogP contribution in [-0.2, 0) is 16.1 Å². The van der Waals surface area contributed by atoms with Gasteiger partial charge in [-0.15, -0.1) is 0 Å². The van der Waals surface area contributed by atoms with Gasteiger partial charge in [-0.1, -0.05) is 74.0 Å². The topological polar surface area (TPSA) is 75.7 Å². The lowest BCUT2D eigenvalue weighted by Gasteiger charge is -2.15. The summed E-state index contributed by atoms with van der Waals surface area (Å²) in [7, 11) is 0. The van der Waals surface area contributed by atoms with Crippen LogP contribution in [-0.4, -0.2) is 22.7 Å². The second-order valence-corrected chi connectivity index (χ2v) is 8.53. The molecular formula is C27H23ClN2O4. The Kier molecular flexibility index (Phi) is 6.80. The minimum Gasteiger partial charge on any atom is -0.423 e. The smallest absolute Gasteiger partial charge is 0.343 e. The zero-order valence-corrected chi connectivity index (χ0v) is 19.5. The number of carbonyl (C=O) groups excluding carboxylic acids is 3. The number of benzene rings is 3. The predicted molar refractivity (Wildman–Crippen MR) is 130 cm³/mol. The summed E-state index contributed by atoms with van der Waals surface area (Å²) in [6.07, 6.45) is 0. The molecule has 1 N–H and O–H groups in total. The molecule has 34 heavy (non-hydrogen) atoms. The highest BCUT2D eigenvalue weighted by Crippen LogP contribution is 2.28. The molecule has 0 fully saturated rings. The van der Waals surface area contributed by atoms with E-state index in [2.05, 4.69) is 5.32 Å². The Labute approximate surface area is 202 Å². The number of ether oxygens (including phenoxy) is 1. The average molecular weight is 475 g/mol. The molecule has 172 valence electrons. The molecule has 0 aliphatic carbocycles. The van der Waals surface area contributed by atoms with Crippen LogP contribution in [0.25, 0.3) is 0 Å². The number of esters is 1. The number of hydrogen-bond acceptors (Lipinski definition) is 5. The van der Waals surface area contributed by atoms with E-state index in [9.17, 15) is 14.4 Å². The molecule has 3 aromatic carbocycles.